The number of nitrogens with zero attached hydrogens (tertiary/aromatic N) is 2. The molecule has 0 radical (unpaired) electrons. The smallest absolute Gasteiger partial charge is 0.278 e. The zero-order valence-electron chi connectivity index (χ0n) is 18.6. The summed E-state index contributed by atoms with van der Waals surface area (Å²) in [5.74, 6) is -0.00339. The number of rotatable bonds is 11. The van der Waals surface area contributed by atoms with Crippen LogP contribution in [0.25, 0.3) is 5.57 Å². The van der Waals surface area contributed by atoms with Gasteiger partial charge in [-0.25, -0.2) is 0 Å². The number of hydrogen-bond acceptors (Lipinski definition) is 8. The molecule has 1 aliphatic heterocycles. The van der Waals surface area contributed by atoms with Crippen LogP contribution in [-0.2, 0) is 14.3 Å². The third-order valence-electron chi connectivity index (χ3n) is 5.08. The molecule has 0 fully saturated rings. The number of anilines is 1. The number of benzene rings is 2. The highest BCUT2D eigenvalue weighted by Gasteiger charge is 2.39. The number of nitro benzene ring substituents is 1. The maximum absolute atomic E-state index is 13.2. The minimum Gasteiger partial charge on any atom is -0.497 e. The van der Waals surface area contributed by atoms with Crippen LogP contribution in [0.5, 0.6) is 11.5 Å². The molecule has 0 aliphatic carbocycles. The SMILES string of the molecule is CCOCCCN1C(=O)C(Nc2ccc(OC)cc2OC)=C(c2ccc([N+](=O)[O-])cc2)C1=O. The van der Waals surface area contributed by atoms with Crippen molar-refractivity contribution in [1.29, 1.82) is 0 Å². The summed E-state index contributed by atoms with van der Waals surface area (Å²) in [4.78, 5) is 38.1. The van der Waals surface area contributed by atoms with E-state index in [9.17, 15) is 19.7 Å². The van der Waals surface area contributed by atoms with Crippen LogP contribution in [0.3, 0.4) is 0 Å². The van der Waals surface area contributed by atoms with Crippen molar-refractivity contribution in [3.05, 3.63) is 63.8 Å². The van der Waals surface area contributed by atoms with Crippen molar-refractivity contribution in [3.63, 3.8) is 0 Å². The Bertz CT molecular complexity index is 1080. The Morgan fingerprint density at radius 3 is 2.36 bits per heavy atom. The molecule has 174 valence electrons. The molecule has 2 amide bonds. The lowest BCUT2D eigenvalue weighted by Gasteiger charge is -2.16. The van der Waals surface area contributed by atoms with E-state index in [1.807, 2.05) is 6.92 Å². The summed E-state index contributed by atoms with van der Waals surface area (Å²) in [5.41, 5.74) is 0.931. The fourth-order valence-electron chi connectivity index (χ4n) is 3.42. The van der Waals surface area contributed by atoms with E-state index in [1.54, 1.807) is 18.2 Å². The van der Waals surface area contributed by atoms with Gasteiger partial charge in [-0.2, -0.15) is 0 Å². The molecule has 1 N–H and O–H groups in total. The second kappa shape index (κ2) is 10.6. The van der Waals surface area contributed by atoms with Gasteiger partial charge in [0.2, 0.25) is 0 Å². The number of ether oxygens (including phenoxy) is 3. The summed E-state index contributed by atoms with van der Waals surface area (Å²) in [6, 6.07) is 10.5. The number of imide groups is 1. The van der Waals surface area contributed by atoms with E-state index >= 15 is 0 Å². The fourth-order valence-corrected chi connectivity index (χ4v) is 3.42. The van der Waals surface area contributed by atoms with E-state index in [4.69, 9.17) is 14.2 Å². The first-order chi connectivity index (χ1) is 15.9. The zero-order valence-corrected chi connectivity index (χ0v) is 18.6. The van der Waals surface area contributed by atoms with Gasteiger partial charge in [0, 0.05) is 38.0 Å². The number of carbonyl (C=O) groups is 2. The first kappa shape index (κ1) is 23.7. The quantitative estimate of drug-likeness (QED) is 0.237. The van der Waals surface area contributed by atoms with Crippen LogP contribution < -0.4 is 14.8 Å². The molecule has 33 heavy (non-hydrogen) atoms. The third-order valence-corrected chi connectivity index (χ3v) is 5.08. The molecule has 0 saturated heterocycles. The number of nitro groups is 1. The molecule has 1 heterocycles. The Morgan fingerprint density at radius 2 is 1.76 bits per heavy atom. The largest absolute Gasteiger partial charge is 0.497 e. The Morgan fingerprint density at radius 1 is 1.03 bits per heavy atom. The summed E-state index contributed by atoms with van der Waals surface area (Å²) in [7, 11) is 3.00. The molecule has 0 unspecified atom stereocenters. The van der Waals surface area contributed by atoms with Gasteiger partial charge in [-0.3, -0.25) is 24.6 Å². The van der Waals surface area contributed by atoms with Crippen LogP contribution in [0, 0.1) is 10.1 Å². The van der Waals surface area contributed by atoms with Crippen LogP contribution in [0.15, 0.2) is 48.2 Å². The maximum atomic E-state index is 13.2. The van der Waals surface area contributed by atoms with Crippen molar-refractivity contribution in [1.82, 2.24) is 4.90 Å². The highest BCUT2D eigenvalue weighted by molar-refractivity contribution is 6.36. The molecule has 1 aliphatic rings. The van der Waals surface area contributed by atoms with Crippen molar-refractivity contribution in [2.45, 2.75) is 13.3 Å². The van der Waals surface area contributed by atoms with Gasteiger partial charge in [0.25, 0.3) is 17.5 Å². The van der Waals surface area contributed by atoms with Gasteiger partial charge >= 0.3 is 0 Å². The van der Waals surface area contributed by atoms with Crippen molar-refractivity contribution in [2.24, 2.45) is 0 Å². The minimum absolute atomic E-state index is 0.0636. The number of nitrogens with one attached hydrogen (secondary N) is 1. The van der Waals surface area contributed by atoms with Gasteiger partial charge < -0.3 is 19.5 Å². The fraction of sp³-hybridized carbons (Fsp3) is 0.304. The number of hydrogen-bond donors (Lipinski definition) is 1. The standard InChI is InChI=1S/C23H25N3O7/c1-4-33-13-5-12-25-22(27)20(15-6-8-16(9-7-15)26(29)30)21(23(25)28)24-18-11-10-17(31-2)14-19(18)32-3/h6-11,14,24H,4-5,12-13H2,1-3H3. The Balaban J connectivity index is 2.00. The zero-order chi connectivity index (χ0) is 24.0. The van der Waals surface area contributed by atoms with Gasteiger partial charge in [-0.1, -0.05) is 0 Å². The molecule has 0 saturated carbocycles. The van der Waals surface area contributed by atoms with E-state index in [2.05, 4.69) is 5.32 Å². The lowest BCUT2D eigenvalue weighted by Crippen LogP contribution is -2.34. The summed E-state index contributed by atoms with van der Waals surface area (Å²) in [6.45, 7) is 3.00. The van der Waals surface area contributed by atoms with Crippen LogP contribution >= 0.6 is 0 Å². The highest BCUT2D eigenvalue weighted by atomic mass is 16.6. The first-order valence-electron chi connectivity index (χ1n) is 10.3. The van der Waals surface area contributed by atoms with E-state index in [0.717, 1.165) is 4.90 Å². The van der Waals surface area contributed by atoms with Gasteiger partial charge in [-0.05, 0) is 43.2 Å². The van der Waals surface area contributed by atoms with Crippen LogP contribution in [-0.4, -0.2) is 55.6 Å². The van der Waals surface area contributed by atoms with E-state index < -0.39 is 16.7 Å². The predicted molar refractivity (Wildman–Crippen MR) is 121 cm³/mol. The Hall–Kier alpha value is -3.92. The molecule has 0 bridgehead atoms. The van der Waals surface area contributed by atoms with Crippen LogP contribution in [0.2, 0.25) is 0 Å². The third kappa shape index (κ3) is 5.12. The maximum Gasteiger partial charge on any atom is 0.278 e. The van der Waals surface area contributed by atoms with E-state index in [0.29, 0.717) is 42.4 Å². The molecule has 0 spiro atoms. The van der Waals surface area contributed by atoms with E-state index in [-0.39, 0.29) is 23.5 Å². The highest BCUT2D eigenvalue weighted by Crippen LogP contribution is 2.35. The summed E-state index contributed by atoms with van der Waals surface area (Å²) < 4.78 is 15.9. The van der Waals surface area contributed by atoms with Crippen molar-refractivity contribution < 1.29 is 28.7 Å². The monoisotopic (exact) mass is 455 g/mol. The molecule has 2 aromatic rings. The Labute approximate surface area is 190 Å². The summed E-state index contributed by atoms with van der Waals surface area (Å²) >= 11 is 0. The lowest BCUT2D eigenvalue weighted by atomic mass is 10.0. The van der Waals surface area contributed by atoms with Crippen molar-refractivity contribution in [2.75, 3.05) is 39.3 Å². The molecular weight excluding hydrogens is 430 g/mol. The Kier molecular flexibility index (Phi) is 7.62. The van der Waals surface area contributed by atoms with Gasteiger partial charge in [0.1, 0.15) is 17.2 Å². The van der Waals surface area contributed by atoms with Gasteiger partial charge in [-0.15, -0.1) is 0 Å². The van der Waals surface area contributed by atoms with Crippen LogP contribution in [0.4, 0.5) is 11.4 Å². The summed E-state index contributed by atoms with van der Waals surface area (Å²) in [6.07, 6.45) is 0.484. The van der Waals surface area contributed by atoms with Gasteiger partial charge in [0.15, 0.2) is 0 Å². The predicted octanol–water partition coefficient (Wildman–Crippen LogP) is 3.23. The average molecular weight is 455 g/mol. The summed E-state index contributed by atoms with van der Waals surface area (Å²) in [5, 5.41) is 14.0. The molecule has 10 heteroatoms. The molecule has 2 aromatic carbocycles. The second-order valence-electron chi connectivity index (χ2n) is 7.06. The van der Waals surface area contributed by atoms with Crippen molar-refractivity contribution in [3.8, 4) is 11.5 Å². The number of carbonyl (C=O) groups excluding carboxylic acids is 2. The topological polar surface area (TPSA) is 120 Å². The van der Waals surface area contributed by atoms with Gasteiger partial charge in [0.05, 0.1) is 30.4 Å². The van der Waals surface area contributed by atoms with Crippen LogP contribution in [0.1, 0.15) is 18.9 Å². The average Bonchev–Trinajstić information content (AvgIpc) is 3.06. The minimum atomic E-state index is -0.527. The van der Waals surface area contributed by atoms with Crippen molar-refractivity contribution >= 4 is 28.8 Å². The molecule has 3 rings (SSSR count). The molecular formula is C23H25N3O7. The number of non-ortho nitro benzene ring substituents is 1. The normalized spacial score (nSPS) is 13.5. The molecule has 0 atom stereocenters. The second-order valence-corrected chi connectivity index (χ2v) is 7.06. The number of methoxy groups -OCH3 is 2. The number of amides is 2. The first-order valence-corrected chi connectivity index (χ1v) is 10.3. The molecule has 10 nitrogen and oxygen atoms in total. The molecule has 0 aromatic heterocycles. The lowest BCUT2D eigenvalue weighted by molar-refractivity contribution is -0.384. The van der Waals surface area contributed by atoms with E-state index in [1.165, 1.54) is 38.5 Å².